The average Bonchev–Trinajstić information content (AvgIpc) is 2.30. The van der Waals surface area contributed by atoms with Gasteiger partial charge in [-0.25, -0.2) is 0 Å². The number of carbonyl (C=O) groups is 1. The Labute approximate surface area is 111 Å². The van der Waals surface area contributed by atoms with Crippen LogP contribution in [0.25, 0.3) is 0 Å². The van der Waals surface area contributed by atoms with Gasteiger partial charge in [0.05, 0.1) is 13.0 Å². The van der Waals surface area contributed by atoms with E-state index in [1.165, 1.54) is 19.3 Å². The molecule has 0 saturated carbocycles. The van der Waals surface area contributed by atoms with Crippen LogP contribution in [0.4, 0.5) is 0 Å². The normalized spacial score (nSPS) is 23.9. The summed E-state index contributed by atoms with van der Waals surface area (Å²) in [6, 6.07) is 0.575. The predicted octanol–water partition coefficient (Wildman–Crippen LogP) is 2.22. The number of rotatable bonds is 6. The van der Waals surface area contributed by atoms with E-state index in [-0.39, 0.29) is 11.5 Å². The van der Waals surface area contributed by atoms with Crippen molar-refractivity contribution >= 4 is 5.97 Å². The molecule has 0 aliphatic carbocycles. The summed E-state index contributed by atoms with van der Waals surface area (Å²) in [7, 11) is 1.59. The van der Waals surface area contributed by atoms with Gasteiger partial charge in [-0.05, 0) is 33.6 Å². The van der Waals surface area contributed by atoms with E-state index in [1.54, 1.807) is 7.11 Å². The van der Waals surface area contributed by atoms with Crippen LogP contribution in [0.5, 0.6) is 0 Å². The van der Waals surface area contributed by atoms with E-state index in [1.807, 2.05) is 0 Å². The summed E-state index contributed by atoms with van der Waals surface area (Å²) >= 11 is 0. The lowest BCUT2D eigenvalue weighted by Gasteiger charge is -2.46. The van der Waals surface area contributed by atoms with E-state index in [0.29, 0.717) is 25.7 Å². The first-order valence-electron chi connectivity index (χ1n) is 6.88. The van der Waals surface area contributed by atoms with Gasteiger partial charge in [0.25, 0.3) is 0 Å². The molecule has 1 heterocycles. The van der Waals surface area contributed by atoms with E-state index in [0.717, 1.165) is 6.54 Å². The standard InChI is InChI=1S/C14H27NO3/c1-12-6-5-8-14(2,3)15(12)9-11-18-13(16)7-10-17-4/h12H,5-11H2,1-4H3. The van der Waals surface area contributed by atoms with Crippen molar-refractivity contribution in [3.05, 3.63) is 0 Å². The van der Waals surface area contributed by atoms with Crippen LogP contribution in [0.3, 0.4) is 0 Å². The molecule has 0 bridgehead atoms. The monoisotopic (exact) mass is 257 g/mol. The zero-order chi connectivity index (χ0) is 13.6. The van der Waals surface area contributed by atoms with Gasteiger partial charge in [-0.2, -0.15) is 0 Å². The van der Waals surface area contributed by atoms with Crippen molar-refractivity contribution in [2.24, 2.45) is 0 Å². The summed E-state index contributed by atoms with van der Waals surface area (Å²) in [5.74, 6) is -0.167. The van der Waals surface area contributed by atoms with Crippen LogP contribution in [-0.2, 0) is 14.3 Å². The highest BCUT2D eigenvalue weighted by Gasteiger charge is 2.33. The minimum Gasteiger partial charge on any atom is -0.464 e. The zero-order valence-corrected chi connectivity index (χ0v) is 12.2. The minimum atomic E-state index is -0.167. The van der Waals surface area contributed by atoms with Gasteiger partial charge < -0.3 is 9.47 Å². The van der Waals surface area contributed by atoms with Crippen molar-refractivity contribution in [3.63, 3.8) is 0 Å². The highest BCUT2D eigenvalue weighted by atomic mass is 16.5. The number of nitrogens with zero attached hydrogens (tertiary/aromatic N) is 1. The molecule has 1 aliphatic rings. The molecule has 0 amide bonds. The summed E-state index contributed by atoms with van der Waals surface area (Å²) in [6.07, 6.45) is 4.09. The van der Waals surface area contributed by atoms with Gasteiger partial charge in [-0.3, -0.25) is 9.69 Å². The molecule has 0 N–H and O–H groups in total. The van der Waals surface area contributed by atoms with Crippen LogP contribution in [0.15, 0.2) is 0 Å². The fourth-order valence-electron chi connectivity index (χ4n) is 2.76. The quantitative estimate of drug-likeness (QED) is 0.684. The Kier molecular flexibility index (Phi) is 6.09. The lowest BCUT2D eigenvalue weighted by atomic mass is 9.87. The number of likely N-dealkylation sites (tertiary alicyclic amines) is 1. The summed E-state index contributed by atoms with van der Waals surface area (Å²) in [6.45, 7) is 8.55. The van der Waals surface area contributed by atoms with Gasteiger partial charge in [0.2, 0.25) is 0 Å². The lowest BCUT2D eigenvalue weighted by molar-refractivity contribution is -0.146. The van der Waals surface area contributed by atoms with Crippen LogP contribution >= 0.6 is 0 Å². The maximum absolute atomic E-state index is 11.4. The fourth-order valence-corrected chi connectivity index (χ4v) is 2.76. The van der Waals surface area contributed by atoms with Gasteiger partial charge >= 0.3 is 5.97 Å². The van der Waals surface area contributed by atoms with E-state index in [4.69, 9.17) is 9.47 Å². The fraction of sp³-hybridized carbons (Fsp3) is 0.929. The van der Waals surface area contributed by atoms with Gasteiger partial charge in [-0.15, -0.1) is 0 Å². The Morgan fingerprint density at radius 3 is 2.72 bits per heavy atom. The maximum atomic E-state index is 11.4. The number of carbonyl (C=O) groups excluding carboxylic acids is 1. The molecule has 1 saturated heterocycles. The smallest absolute Gasteiger partial charge is 0.308 e. The van der Waals surface area contributed by atoms with Crippen molar-refractivity contribution in [3.8, 4) is 0 Å². The van der Waals surface area contributed by atoms with Crippen LogP contribution < -0.4 is 0 Å². The SMILES string of the molecule is COCCC(=O)OCCN1C(C)CCCC1(C)C. The number of esters is 1. The Balaban J connectivity index is 2.30. The molecule has 0 radical (unpaired) electrons. The van der Waals surface area contributed by atoms with Crippen molar-refractivity contribution in [1.29, 1.82) is 0 Å². The molecule has 1 rings (SSSR count). The van der Waals surface area contributed by atoms with Crippen molar-refractivity contribution in [2.45, 2.75) is 58.0 Å². The Morgan fingerprint density at radius 1 is 1.39 bits per heavy atom. The van der Waals surface area contributed by atoms with E-state index in [2.05, 4.69) is 25.7 Å². The number of ether oxygens (including phenoxy) is 2. The minimum absolute atomic E-state index is 0.167. The molecule has 0 aromatic heterocycles. The molecule has 0 aromatic rings. The van der Waals surface area contributed by atoms with E-state index in [9.17, 15) is 4.79 Å². The van der Waals surface area contributed by atoms with Crippen LogP contribution in [0, 0.1) is 0 Å². The first-order valence-corrected chi connectivity index (χ1v) is 6.88. The van der Waals surface area contributed by atoms with Gasteiger partial charge in [-0.1, -0.05) is 6.42 Å². The first-order chi connectivity index (χ1) is 8.47. The second-order valence-electron chi connectivity index (χ2n) is 5.71. The lowest BCUT2D eigenvalue weighted by Crippen LogP contribution is -2.53. The molecule has 4 heteroatoms. The summed E-state index contributed by atoms with van der Waals surface area (Å²) < 4.78 is 10.1. The summed E-state index contributed by atoms with van der Waals surface area (Å²) in [4.78, 5) is 13.8. The molecule has 0 aromatic carbocycles. The number of hydrogen-bond donors (Lipinski definition) is 0. The van der Waals surface area contributed by atoms with Crippen LogP contribution in [0.1, 0.15) is 46.5 Å². The van der Waals surface area contributed by atoms with E-state index >= 15 is 0 Å². The van der Waals surface area contributed by atoms with Gasteiger partial charge in [0.1, 0.15) is 6.61 Å². The third-order valence-corrected chi connectivity index (χ3v) is 3.83. The Bertz CT molecular complexity index is 266. The highest BCUT2D eigenvalue weighted by Crippen LogP contribution is 2.30. The Morgan fingerprint density at radius 2 is 2.11 bits per heavy atom. The van der Waals surface area contributed by atoms with Crippen molar-refractivity contribution in [2.75, 3.05) is 26.9 Å². The topological polar surface area (TPSA) is 38.8 Å². The van der Waals surface area contributed by atoms with Crippen molar-refractivity contribution < 1.29 is 14.3 Å². The molecule has 1 atom stereocenters. The molecule has 18 heavy (non-hydrogen) atoms. The zero-order valence-electron chi connectivity index (χ0n) is 12.2. The molecular formula is C14H27NO3. The van der Waals surface area contributed by atoms with Gasteiger partial charge in [0.15, 0.2) is 0 Å². The van der Waals surface area contributed by atoms with Gasteiger partial charge in [0, 0.05) is 25.2 Å². The second-order valence-corrected chi connectivity index (χ2v) is 5.71. The molecule has 4 nitrogen and oxygen atoms in total. The van der Waals surface area contributed by atoms with Crippen LogP contribution in [0.2, 0.25) is 0 Å². The molecule has 0 spiro atoms. The molecular weight excluding hydrogens is 230 g/mol. The summed E-state index contributed by atoms with van der Waals surface area (Å²) in [5, 5.41) is 0. The number of methoxy groups -OCH3 is 1. The first kappa shape index (κ1) is 15.4. The maximum Gasteiger partial charge on any atom is 0.308 e. The molecule has 106 valence electrons. The number of piperidine rings is 1. The highest BCUT2D eigenvalue weighted by molar-refractivity contribution is 5.69. The average molecular weight is 257 g/mol. The van der Waals surface area contributed by atoms with Crippen LogP contribution in [-0.4, -0.2) is 49.3 Å². The largest absolute Gasteiger partial charge is 0.464 e. The van der Waals surface area contributed by atoms with E-state index < -0.39 is 0 Å². The van der Waals surface area contributed by atoms with Crippen molar-refractivity contribution in [1.82, 2.24) is 4.90 Å². The Hall–Kier alpha value is -0.610. The predicted molar refractivity (Wildman–Crippen MR) is 71.6 cm³/mol. The number of hydrogen-bond acceptors (Lipinski definition) is 4. The molecule has 1 aliphatic heterocycles. The third-order valence-electron chi connectivity index (χ3n) is 3.83. The molecule has 1 fully saturated rings. The summed E-state index contributed by atoms with van der Waals surface area (Å²) in [5.41, 5.74) is 0.219. The third kappa shape index (κ3) is 4.58. The second kappa shape index (κ2) is 7.10. The molecule has 1 unspecified atom stereocenters.